The second-order valence-electron chi connectivity index (χ2n) is 5.14. The topological polar surface area (TPSA) is 42.0 Å². The summed E-state index contributed by atoms with van der Waals surface area (Å²) >= 11 is 6.74. The van der Waals surface area contributed by atoms with Gasteiger partial charge in [0.2, 0.25) is 5.91 Å². The van der Waals surface area contributed by atoms with Crippen LogP contribution in [-0.4, -0.2) is 10.9 Å². The maximum atomic E-state index is 12.2. The van der Waals surface area contributed by atoms with Crippen LogP contribution in [0, 0.1) is 0 Å². The molecular formula is C17H15BrN2OS2. The minimum Gasteiger partial charge on any atom is -0.349 e. The standard InChI is InChI=1S/C17H15BrN2OS2/c1-11(14-4-2-3-5-15(14)18)19-16(21)8-13-10-23-17(20-13)12-6-7-22-9-12/h2-7,9-11H,8H2,1H3,(H,19,21). The lowest BCUT2D eigenvalue weighted by molar-refractivity contribution is -0.121. The highest BCUT2D eigenvalue weighted by Crippen LogP contribution is 2.26. The van der Waals surface area contributed by atoms with Crippen LogP contribution >= 0.6 is 38.6 Å². The van der Waals surface area contributed by atoms with Crippen molar-refractivity contribution in [2.75, 3.05) is 0 Å². The normalized spacial score (nSPS) is 12.1. The van der Waals surface area contributed by atoms with Crippen LogP contribution in [0.2, 0.25) is 0 Å². The van der Waals surface area contributed by atoms with Crippen LogP contribution in [0.15, 0.2) is 50.9 Å². The highest BCUT2D eigenvalue weighted by molar-refractivity contribution is 9.10. The number of benzene rings is 1. The number of aromatic nitrogens is 1. The van der Waals surface area contributed by atoms with E-state index < -0.39 is 0 Å². The molecule has 3 nitrogen and oxygen atoms in total. The predicted molar refractivity (Wildman–Crippen MR) is 99.8 cm³/mol. The Morgan fingerprint density at radius 2 is 2.13 bits per heavy atom. The van der Waals surface area contributed by atoms with E-state index in [1.54, 1.807) is 22.7 Å². The fourth-order valence-corrected chi connectivity index (χ4v) is 4.43. The molecule has 0 fully saturated rings. The van der Waals surface area contributed by atoms with Gasteiger partial charge in [0, 0.05) is 20.8 Å². The predicted octanol–water partition coefficient (Wildman–Crippen LogP) is 5.05. The maximum Gasteiger partial charge on any atom is 0.226 e. The fraction of sp³-hybridized carbons (Fsp3) is 0.176. The van der Waals surface area contributed by atoms with Gasteiger partial charge in [-0.25, -0.2) is 4.98 Å². The monoisotopic (exact) mass is 406 g/mol. The van der Waals surface area contributed by atoms with E-state index in [2.05, 4.69) is 31.6 Å². The molecule has 23 heavy (non-hydrogen) atoms. The Morgan fingerprint density at radius 1 is 1.30 bits per heavy atom. The largest absolute Gasteiger partial charge is 0.349 e. The van der Waals surface area contributed by atoms with Gasteiger partial charge in [0.25, 0.3) is 0 Å². The number of halogens is 1. The number of thiazole rings is 1. The van der Waals surface area contributed by atoms with Crippen molar-refractivity contribution in [1.82, 2.24) is 10.3 Å². The van der Waals surface area contributed by atoms with Gasteiger partial charge < -0.3 is 5.32 Å². The van der Waals surface area contributed by atoms with Gasteiger partial charge in [-0.2, -0.15) is 11.3 Å². The van der Waals surface area contributed by atoms with E-state index >= 15 is 0 Å². The number of hydrogen-bond acceptors (Lipinski definition) is 4. The third kappa shape index (κ3) is 4.07. The molecule has 0 aliphatic carbocycles. The Morgan fingerprint density at radius 3 is 2.87 bits per heavy atom. The van der Waals surface area contributed by atoms with Crippen molar-refractivity contribution in [2.24, 2.45) is 0 Å². The molecule has 118 valence electrons. The number of hydrogen-bond donors (Lipinski definition) is 1. The van der Waals surface area contributed by atoms with Crippen molar-refractivity contribution in [3.8, 4) is 10.6 Å². The lowest BCUT2D eigenvalue weighted by Gasteiger charge is -2.15. The highest BCUT2D eigenvalue weighted by atomic mass is 79.9. The van der Waals surface area contributed by atoms with Crippen molar-refractivity contribution >= 4 is 44.5 Å². The summed E-state index contributed by atoms with van der Waals surface area (Å²) in [5.74, 6) is -0.0181. The summed E-state index contributed by atoms with van der Waals surface area (Å²) in [5.41, 5.74) is 3.00. The van der Waals surface area contributed by atoms with Crippen LogP contribution in [0.4, 0.5) is 0 Å². The first-order valence-corrected chi connectivity index (χ1v) is 9.76. The third-order valence-corrected chi connectivity index (χ3v) is 5.76. The second kappa shape index (κ2) is 7.38. The van der Waals surface area contributed by atoms with Crippen LogP contribution in [0.5, 0.6) is 0 Å². The Labute approximate surface area is 151 Å². The molecule has 3 rings (SSSR count). The van der Waals surface area contributed by atoms with E-state index in [0.717, 1.165) is 26.3 Å². The first-order valence-electron chi connectivity index (χ1n) is 7.14. The summed E-state index contributed by atoms with van der Waals surface area (Å²) in [4.78, 5) is 16.8. The van der Waals surface area contributed by atoms with Crippen molar-refractivity contribution in [1.29, 1.82) is 0 Å². The summed E-state index contributed by atoms with van der Waals surface area (Å²) in [7, 11) is 0. The summed E-state index contributed by atoms with van der Waals surface area (Å²) < 4.78 is 1.00. The van der Waals surface area contributed by atoms with Crippen LogP contribution in [0.25, 0.3) is 10.6 Å². The maximum absolute atomic E-state index is 12.2. The van der Waals surface area contributed by atoms with E-state index in [9.17, 15) is 4.79 Å². The molecule has 3 aromatic rings. The zero-order valence-electron chi connectivity index (χ0n) is 12.5. The van der Waals surface area contributed by atoms with Crippen LogP contribution in [0.1, 0.15) is 24.2 Å². The number of rotatable bonds is 5. The average molecular weight is 407 g/mol. The van der Waals surface area contributed by atoms with Gasteiger partial charge in [0.15, 0.2) is 0 Å². The van der Waals surface area contributed by atoms with E-state index in [-0.39, 0.29) is 11.9 Å². The lowest BCUT2D eigenvalue weighted by atomic mass is 10.1. The molecule has 0 saturated carbocycles. The minimum absolute atomic E-state index is 0.0181. The van der Waals surface area contributed by atoms with Gasteiger partial charge in [0.05, 0.1) is 18.2 Å². The molecule has 1 N–H and O–H groups in total. The van der Waals surface area contributed by atoms with Crippen molar-refractivity contribution in [2.45, 2.75) is 19.4 Å². The van der Waals surface area contributed by atoms with Crippen molar-refractivity contribution in [3.63, 3.8) is 0 Å². The zero-order chi connectivity index (χ0) is 16.2. The first-order chi connectivity index (χ1) is 11.1. The fourth-order valence-electron chi connectivity index (χ4n) is 2.27. The summed E-state index contributed by atoms with van der Waals surface area (Å²) in [6.07, 6.45) is 0.301. The number of nitrogens with zero attached hydrogens (tertiary/aromatic N) is 1. The zero-order valence-corrected chi connectivity index (χ0v) is 15.7. The molecule has 0 aliphatic heterocycles. The Kier molecular flexibility index (Phi) is 5.25. The van der Waals surface area contributed by atoms with Gasteiger partial charge >= 0.3 is 0 Å². The molecule has 2 aromatic heterocycles. The Bertz CT molecular complexity index is 799. The first kappa shape index (κ1) is 16.4. The molecular weight excluding hydrogens is 392 g/mol. The van der Waals surface area contributed by atoms with Gasteiger partial charge in [-0.15, -0.1) is 11.3 Å². The summed E-state index contributed by atoms with van der Waals surface area (Å²) in [5, 5.41) is 10.0. The van der Waals surface area contributed by atoms with Crippen molar-refractivity contribution < 1.29 is 4.79 Å². The highest BCUT2D eigenvalue weighted by Gasteiger charge is 2.14. The van der Waals surface area contributed by atoms with E-state index in [4.69, 9.17) is 0 Å². The third-order valence-electron chi connectivity index (χ3n) is 3.41. The number of carbonyl (C=O) groups excluding carboxylic acids is 1. The number of nitrogens with one attached hydrogen (secondary N) is 1. The number of amides is 1. The lowest BCUT2D eigenvalue weighted by Crippen LogP contribution is -2.28. The van der Waals surface area contributed by atoms with Crippen molar-refractivity contribution in [3.05, 3.63) is 62.2 Å². The molecule has 0 saturated heterocycles. The number of carbonyl (C=O) groups is 1. The SMILES string of the molecule is CC(NC(=O)Cc1csc(-c2ccsc2)n1)c1ccccc1Br. The Balaban J connectivity index is 1.62. The van der Waals surface area contributed by atoms with Crippen LogP contribution < -0.4 is 5.32 Å². The summed E-state index contributed by atoms with van der Waals surface area (Å²) in [6, 6.07) is 9.91. The molecule has 0 aliphatic rings. The Hall–Kier alpha value is -1.50. The molecule has 1 unspecified atom stereocenters. The molecule has 0 radical (unpaired) electrons. The van der Waals surface area contributed by atoms with E-state index in [1.165, 1.54) is 0 Å². The van der Waals surface area contributed by atoms with Gasteiger partial charge in [-0.1, -0.05) is 34.1 Å². The van der Waals surface area contributed by atoms with Crippen LogP contribution in [0.3, 0.4) is 0 Å². The molecule has 1 amide bonds. The van der Waals surface area contributed by atoms with Crippen LogP contribution in [-0.2, 0) is 11.2 Å². The summed E-state index contributed by atoms with van der Waals surface area (Å²) in [6.45, 7) is 1.98. The molecule has 0 spiro atoms. The smallest absolute Gasteiger partial charge is 0.226 e. The minimum atomic E-state index is -0.0481. The van der Waals surface area contributed by atoms with Gasteiger partial charge in [-0.05, 0) is 30.0 Å². The molecule has 1 atom stereocenters. The van der Waals surface area contributed by atoms with E-state index in [1.807, 2.05) is 48.0 Å². The molecule has 0 bridgehead atoms. The van der Waals surface area contributed by atoms with Gasteiger partial charge in [-0.3, -0.25) is 4.79 Å². The number of thiophene rings is 1. The quantitative estimate of drug-likeness (QED) is 0.643. The van der Waals surface area contributed by atoms with Gasteiger partial charge in [0.1, 0.15) is 5.01 Å². The van der Waals surface area contributed by atoms with E-state index in [0.29, 0.717) is 6.42 Å². The molecule has 2 heterocycles. The molecule has 1 aromatic carbocycles. The average Bonchev–Trinajstić information content (AvgIpc) is 3.18. The second-order valence-corrected chi connectivity index (χ2v) is 7.64. The molecule has 6 heteroatoms.